The molecule has 1 aliphatic rings. The molecule has 1 aromatic carbocycles. The molecule has 1 atom stereocenters. The number of thioether (sulfide) groups is 1. The highest BCUT2D eigenvalue weighted by Crippen LogP contribution is 2.32. The number of rotatable bonds is 11. The topological polar surface area (TPSA) is 73.2 Å². The summed E-state index contributed by atoms with van der Waals surface area (Å²) in [4.78, 5) is 30.8. The number of ether oxygens (including phenoxy) is 3. The van der Waals surface area contributed by atoms with Crippen molar-refractivity contribution >= 4 is 34.7 Å². The first kappa shape index (κ1) is 30.2. The molecule has 212 valence electrons. The zero-order chi connectivity index (χ0) is 27.9. The predicted octanol–water partition coefficient (Wildman–Crippen LogP) is 6.02. The molecule has 0 unspecified atom stereocenters. The fraction of sp³-hybridized carbons (Fsp3) is 0.655. The van der Waals surface area contributed by atoms with E-state index in [4.69, 9.17) is 14.2 Å². The molecule has 2 aromatic rings. The molecule has 9 heteroatoms. The Morgan fingerprint density at radius 3 is 2.63 bits per heavy atom. The largest absolute Gasteiger partial charge is 0.481 e. The van der Waals surface area contributed by atoms with Crippen molar-refractivity contribution < 1.29 is 23.8 Å². The zero-order valence-corrected chi connectivity index (χ0v) is 24.9. The third kappa shape index (κ3) is 7.59. The second-order valence-corrected chi connectivity index (χ2v) is 12.0. The van der Waals surface area contributed by atoms with Crippen LogP contribution in [0.5, 0.6) is 5.75 Å². The molecule has 0 spiro atoms. The minimum absolute atomic E-state index is 0.0187. The Labute approximate surface area is 231 Å². The van der Waals surface area contributed by atoms with E-state index in [-0.39, 0.29) is 24.1 Å². The number of aromatic nitrogens is 1. The number of piperidine rings is 1. The number of unbranched alkanes of at least 4 members (excludes halogenated alkanes) is 1. The van der Waals surface area contributed by atoms with Crippen molar-refractivity contribution in [1.29, 1.82) is 0 Å². The zero-order valence-electron chi connectivity index (χ0n) is 24.1. The number of fused-ring (bicyclic) bond motifs is 1. The highest BCUT2D eigenvalue weighted by Gasteiger charge is 2.35. The van der Waals surface area contributed by atoms with Gasteiger partial charge in [0.2, 0.25) is 0 Å². The van der Waals surface area contributed by atoms with Crippen molar-refractivity contribution in [1.82, 2.24) is 14.4 Å². The van der Waals surface area contributed by atoms with Gasteiger partial charge in [0.1, 0.15) is 23.0 Å². The maximum atomic E-state index is 14.3. The van der Waals surface area contributed by atoms with Gasteiger partial charge in [0.15, 0.2) is 0 Å². The summed E-state index contributed by atoms with van der Waals surface area (Å²) >= 11 is 1.62. The molecule has 1 saturated heterocycles. The molecule has 8 nitrogen and oxygen atoms in total. The Morgan fingerprint density at radius 1 is 1.21 bits per heavy atom. The van der Waals surface area contributed by atoms with Crippen molar-refractivity contribution in [2.45, 2.75) is 84.5 Å². The molecule has 0 radical (unpaired) electrons. The van der Waals surface area contributed by atoms with Gasteiger partial charge in [0.05, 0.1) is 11.6 Å². The molecule has 1 aromatic heterocycles. The first-order valence-corrected chi connectivity index (χ1v) is 15.0. The minimum Gasteiger partial charge on any atom is -0.481 e. The number of benzene rings is 1. The van der Waals surface area contributed by atoms with E-state index in [1.165, 1.54) is 0 Å². The van der Waals surface area contributed by atoms with Gasteiger partial charge in [0, 0.05) is 44.8 Å². The summed E-state index contributed by atoms with van der Waals surface area (Å²) in [5.41, 5.74) is 1.04. The van der Waals surface area contributed by atoms with Gasteiger partial charge in [-0.3, -0.25) is 4.79 Å². The first-order valence-electron chi connectivity index (χ1n) is 13.6. The molecular weight excluding hydrogens is 502 g/mol. The van der Waals surface area contributed by atoms with Gasteiger partial charge in [-0.1, -0.05) is 12.1 Å². The number of likely N-dealkylation sites (tertiary alicyclic amines) is 1. The van der Waals surface area contributed by atoms with Gasteiger partial charge < -0.3 is 28.6 Å². The normalized spacial score (nSPS) is 16.2. The van der Waals surface area contributed by atoms with Crippen molar-refractivity contribution in [3.05, 3.63) is 30.0 Å². The van der Waals surface area contributed by atoms with E-state index >= 15 is 0 Å². The number of nitrogens with zero attached hydrogens (tertiary/aromatic N) is 3. The fourth-order valence-electron chi connectivity index (χ4n) is 5.08. The second-order valence-electron chi connectivity index (χ2n) is 11.2. The highest BCUT2D eigenvalue weighted by molar-refractivity contribution is 7.98. The average molecular weight is 548 g/mol. The lowest BCUT2D eigenvalue weighted by molar-refractivity contribution is 0.00733. The van der Waals surface area contributed by atoms with Crippen LogP contribution in [0.25, 0.3) is 10.9 Å². The molecule has 1 aliphatic heterocycles. The number of para-hydroxylation sites is 1. The molecule has 0 bridgehead atoms. The number of methoxy groups -OCH3 is 1. The maximum absolute atomic E-state index is 14.3. The van der Waals surface area contributed by atoms with Gasteiger partial charge in [-0.05, 0) is 78.7 Å². The number of hydrogen-bond acceptors (Lipinski definition) is 6. The summed E-state index contributed by atoms with van der Waals surface area (Å²) < 4.78 is 19.1. The lowest BCUT2D eigenvalue weighted by Gasteiger charge is -2.41. The molecule has 2 amide bonds. The number of carbonyl (C=O) groups excluding carboxylic acids is 2. The Kier molecular flexibility index (Phi) is 10.8. The van der Waals surface area contributed by atoms with Gasteiger partial charge in [-0.25, -0.2) is 4.79 Å². The molecule has 3 rings (SSSR count). The van der Waals surface area contributed by atoms with Crippen LogP contribution in [0.1, 0.15) is 70.8 Å². The van der Waals surface area contributed by atoms with Crippen LogP contribution in [0.4, 0.5) is 4.79 Å². The predicted molar refractivity (Wildman–Crippen MR) is 154 cm³/mol. The van der Waals surface area contributed by atoms with Crippen molar-refractivity contribution in [2.75, 3.05) is 39.0 Å². The van der Waals surface area contributed by atoms with Crippen LogP contribution in [-0.2, 0) is 16.0 Å². The van der Waals surface area contributed by atoms with Crippen molar-refractivity contribution in [3.8, 4) is 5.75 Å². The summed E-state index contributed by atoms with van der Waals surface area (Å²) in [6.07, 6.45) is 5.14. The second kappa shape index (κ2) is 13.6. The lowest BCUT2D eigenvalue weighted by Crippen LogP contribution is -2.54. The summed E-state index contributed by atoms with van der Waals surface area (Å²) in [5, 5.41) is 0.987. The van der Waals surface area contributed by atoms with E-state index in [1.807, 2.05) is 70.0 Å². The summed E-state index contributed by atoms with van der Waals surface area (Å²) in [7, 11) is 1.71. The molecule has 0 saturated carbocycles. The first-order chi connectivity index (χ1) is 18.1. The summed E-state index contributed by atoms with van der Waals surface area (Å²) in [6, 6.07) is 7.85. The average Bonchev–Trinajstić information content (AvgIpc) is 3.23. The number of amides is 2. The Morgan fingerprint density at radius 2 is 1.97 bits per heavy atom. The number of hydrogen-bond donors (Lipinski definition) is 0. The number of carbonyl (C=O) groups is 2. The van der Waals surface area contributed by atoms with Crippen LogP contribution in [-0.4, -0.2) is 83.1 Å². The van der Waals surface area contributed by atoms with Crippen molar-refractivity contribution in [2.24, 2.45) is 0 Å². The van der Waals surface area contributed by atoms with Crippen LogP contribution in [0.2, 0.25) is 0 Å². The third-order valence-electron chi connectivity index (χ3n) is 6.65. The van der Waals surface area contributed by atoms with Gasteiger partial charge in [-0.15, -0.1) is 11.8 Å². The monoisotopic (exact) mass is 547 g/mol. The molecule has 0 aliphatic carbocycles. The van der Waals surface area contributed by atoms with E-state index in [2.05, 4.69) is 4.57 Å². The minimum atomic E-state index is -0.558. The number of aryl methyl sites for hydroxylation is 1. The van der Waals surface area contributed by atoms with E-state index in [1.54, 1.807) is 23.8 Å². The quantitative estimate of drug-likeness (QED) is 0.253. The van der Waals surface area contributed by atoms with E-state index in [0.717, 1.165) is 42.3 Å². The summed E-state index contributed by atoms with van der Waals surface area (Å²) in [6.45, 7) is 12.2. The van der Waals surface area contributed by atoms with Gasteiger partial charge in [0.25, 0.3) is 5.91 Å². The van der Waals surface area contributed by atoms with E-state index < -0.39 is 5.60 Å². The molecule has 1 fully saturated rings. The lowest BCUT2D eigenvalue weighted by atomic mass is 10.0. The van der Waals surface area contributed by atoms with Gasteiger partial charge in [-0.2, -0.15) is 0 Å². The molecule has 0 N–H and O–H groups in total. The SMILES string of the molecule is COCCCCn1c(C(=O)N(C(C)C)[C@@H]2CCCN(C(=O)OC(C)(C)C)C2)cc2cccc(OCSC)c21. The van der Waals surface area contributed by atoms with Crippen molar-refractivity contribution in [3.63, 3.8) is 0 Å². The van der Waals surface area contributed by atoms with Crippen LogP contribution < -0.4 is 4.74 Å². The van der Waals surface area contributed by atoms with E-state index in [9.17, 15) is 9.59 Å². The van der Waals surface area contributed by atoms with Crippen LogP contribution in [0.15, 0.2) is 24.3 Å². The standard InChI is InChI=1S/C29H45N3O5S/c1-21(2)32(23-13-11-15-30(19-23)28(34)37-29(3,4)5)27(33)24-18-22-12-10-14-25(36-20-38-7)26(22)31(24)16-8-9-17-35-6/h10,12,14,18,21,23H,8-9,11,13,15-17,19-20H2,1-7H3/t23-/m1/s1. The fourth-order valence-corrected chi connectivity index (χ4v) is 5.33. The molecular formula is C29H45N3O5S. The third-order valence-corrected chi connectivity index (χ3v) is 7.00. The smallest absolute Gasteiger partial charge is 0.410 e. The highest BCUT2D eigenvalue weighted by atomic mass is 32.2. The van der Waals surface area contributed by atoms with E-state index in [0.29, 0.717) is 37.9 Å². The van der Waals surface area contributed by atoms with Crippen LogP contribution in [0.3, 0.4) is 0 Å². The molecule has 38 heavy (non-hydrogen) atoms. The Hall–Kier alpha value is -2.39. The van der Waals surface area contributed by atoms with Crippen LogP contribution in [0, 0.1) is 0 Å². The Bertz CT molecular complexity index is 1080. The van der Waals surface area contributed by atoms with Gasteiger partial charge >= 0.3 is 6.09 Å². The summed E-state index contributed by atoms with van der Waals surface area (Å²) in [5.74, 6) is 1.31. The Balaban J connectivity index is 1.95. The molecule has 2 heterocycles. The van der Waals surface area contributed by atoms with Crippen LogP contribution >= 0.6 is 11.8 Å². The maximum Gasteiger partial charge on any atom is 0.410 e.